The van der Waals surface area contributed by atoms with E-state index in [9.17, 15) is 15.0 Å². The number of benzene rings is 1. The van der Waals surface area contributed by atoms with Crippen molar-refractivity contribution in [3.05, 3.63) is 29.8 Å². The number of aliphatic hydroxyl groups is 1. The van der Waals surface area contributed by atoms with Crippen LogP contribution in [0, 0.1) is 0 Å². The van der Waals surface area contributed by atoms with E-state index in [4.69, 9.17) is 0 Å². The van der Waals surface area contributed by atoms with Crippen molar-refractivity contribution in [1.29, 1.82) is 0 Å². The molecule has 4 N–H and O–H groups in total. The zero-order valence-corrected chi connectivity index (χ0v) is 13.7. The van der Waals surface area contributed by atoms with Gasteiger partial charge in [-0.1, -0.05) is 37.8 Å². The predicted octanol–water partition coefficient (Wildman–Crippen LogP) is 2.71. The summed E-state index contributed by atoms with van der Waals surface area (Å²) in [6.07, 6.45) is 7.64. The minimum Gasteiger partial charge on any atom is -0.508 e. The second-order valence-electron chi connectivity index (χ2n) is 6.52. The average Bonchev–Trinajstić information content (AvgIpc) is 2.76. The Labute approximate surface area is 138 Å². The number of carbonyl (C=O) groups excluding carboxylic acids is 1. The van der Waals surface area contributed by atoms with Gasteiger partial charge in [-0.2, -0.15) is 0 Å². The number of amides is 2. The molecule has 0 aliphatic heterocycles. The highest BCUT2D eigenvalue weighted by Gasteiger charge is 2.28. The van der Waals surface area contributed by atoms with Gasteiger partial charge >= 0.3 is 6.03 Å². The summed E-state index contributed by atoms with van der Waals surface area (Å²) >= 11 is 0. The lowest BCUT2D eigenvalue weighted by molar-refractivity contribution is 0.0277. The maximum atomic E-state index is 11.8. The second-order valence-corrected chi connectivity index (χ2v) is 6.52. The standard InChI is InChI=1S/C18H28N2O3/c21-16-9-7-15(8-10-16)6-5-13-19-17(22)20-14-18(23)11-3-1-2-4-12-18/h7-10,21,23H,1-6,11-14H2,(H2,19,20,22). The molecule has 5 heteroatoms. The van der Waals surface area contributed by atoms with E-state index in [1.807, 2.05) is 12.1 Å². The molecule has 0 bridgehead atoms. The predicted molar refractivity (Wildman–Crippen MR) is 90.5 cm³/mol. The Morgan fingerprint density at radius 1 is 1.04 bits per heavy atom. The van der Waals surface area contributed by atoms with Gasteiger partial charge < -0.3 is 20.8 Å². The average molecular weight is 320 g/mol. The third-order valence-electron chi connectivity index (χ3n) is 4.48. The van der Waals surface area contributed by atoms with E-state index in [1.165, 1.54) is 12.8 Å². The van der Waals surface area contributed by atoms with E-state index >= 15 is 0 Å². The zero-order valence-electron chi connectivity index (χ0n) is 13.7. The third kappa shape index (κ3) is 6.48. The molecule has 0 radical (unpaired) electrons. The number of phenols is 1. The van der Waals surface area contributed by atoms with Crippen LogP contribution in [-0.2, 0) is 6.42 Å². The van der Waals surface area contributed by atoms with Gasteiger partial charge in [-0.15, -0.1) is 0 Å². The normalized spacial score (nSPS) is 17.3. The van der Waals surface area contributed by atoms with E-state index in [0.717, 1.165) is 44.1 Å². The first kappa shape index (κ1) is 17.6. The maximum absolute atomic E-state index is 11.8. The fourth-order valence-corrected chi connectivity index (χ4v) is 3.03. The van der Waals surface area contributed by atoms with Crippen molar-refractivity contribution in [3.63, 3.8) is 0 Å². The topological polar surface area (TPSA) is 81.6 Å². The minimum absolute atomic E-state index is 0.214. The van der Waals surface area contributed by atoms with Crippen LogP contribution < -0.4 is 10.6 Å². The molecule has 0 atom stereocenters. The molecule has 0 saturated heterocycles. The first-order chi connectivity index (χ1) is 11.1. The van der Waals surface area contributed by atoms with Gasteiger partial charge in [-0.05, 0) is 43.4 Å². The van der Waals surface area contributed by atoms with Crippen molar-refractivity contribution in [1.82, 2.24) is 10.6 Å². The number of hydrogen-bond donors (Lipinski definition) is 4. The Morgan fingerprint density at radius 3 is 2.35 bits per heavy atom. The molecule has 0 heterocycles. The molecular formula is C18H28N2O3. The Bertz CT molecular complexity index is 480. The molecule has 1 aromatic carbocycles. The van der Waals surface area contributed by atoms with Crippen LogP contribution in [0.2, 0.25) is 0 Å². The smallest absolute Gasteiger partial charge is 0.314 e. The highest BCUT2D eigenvalue weighted by molar-refractivity contribution is 5.73. The van der Waals surface area contributed by atoms with Crippen LogP contribution in [0.5, 0.6) is 5.75 Å². The van der Waals surface area contributed by atoms with E-state index in [-0.39, 0.29) is 11.8 Å². The number of urea groups is 1. The highest BCUT2D eigenvalue weighted by Crippen LogP contribution is 2.26. The van der Waals surface area contributed by atoms with Crippen LogP contribution in [0.3, 0.4) is 0 Å². The van der Waals surface area contributed by atoms with Crippen LogP contribution in [0.4, 0.5) is 4.79 Å². The number of phenolic OH excluding ortho intramolecular Hbond substituents is 1. The molecule has 1 aliphatic rings. The van der Waals surface area contributed by atoms with Crippen molar-refractivity contribution >= 4 is 6.03 Å². The van der Waals surface area contributed by atoms with Crippen LogP contribution >= 0.6 is 0 Å². The molecule has 0 spiro atoms. The first-order valence-corrected chi connectivity index (χ1v) is 8.59. The SMILES string of the molecule is O=C(NCCCc1ccc(O)cc1)NCC1(O)CCCCCC1. The van der Waals surface area contributed by atoms with E-state index < -0.39 is 5.60 Å². The lowest BCUT2D eigenvalue weighted by Crippen LogP contribution is -2.46. The van der Waals surface area contributed by atoms with Gasteiger partial charge in [0.05, 0.1) is 5.60 Å². The Kier molecular flexibility index (Phi) is 6.71. The summed E-state index contributed by atoms with van der Waals surface area (Å²) in [5.41, 5.74) is 0.401. The molecule has 1 fully saturated rings. The zero-order chi connectivity index (χ0) is 16.5. The first-order valence-electron chi connectivity index (χ1n) is 8.59. The van der Waals surface area contributed by atoms with Crippen molar-refractivity contribution in [2.75, 3.05) is 13.1 Å². The molecule has 0 unspecified atom stereocenters. The number of hydrogen-bond acceptors (Lipinski definition) is 3. The molecule has 2 rings (SSSR count). The molecule has 5 nitrogen and oxygen atoms in total. The van der Waals surface area contributed by atoms with Gasteiger partial charge in [-0.25, -0.2) is 4.79 Å². The summed E-state index contributed by atoms with van der Waals surface area (Å²) in [5, 5.41) is 25.3. The van der Waals surface area contributed by atoms with Crippen LogP contribution in [0.25, 0.3) is 0 Å². The molecule has 0 aromatic heterocycles. The van der Waals surface area contributed by atoms with Crippen LogP contribution in [-0.4, -0.2) is 34.9 Å². The Morgan fingerprint density at radius 2 is 1.70 bits per heavy atom. The largest absolute Gasteiger partial charge is 0.508 e. The van der Waals surface area contributed by atoms with Gasteiger partial charge in [0.25, 0.3) is 0 Å². The maximum Gasteiger partial charge on any atom is 0.314 e. The molecule has 1 aliphatic carbocycles. The van der Waals surface area contributed by atoms with Crippen molar-refractivity contribution in [3.8, 4) is 5.75 Å². The summed E-state index contributed by atoms with van der Waals surface area (Å²) in [7, 11) is 0. The molecule has 128 valence electrons. The summed E-state index contributed by atoms with van der Waals surface area (Å²) in [4.78, 5) is 11.8. The lowest BCUT2D eigenvalue weighted by Gasteiger charge is -2.26. The number of carbonyl (C=O) groups is 1. The fraction of sp³-hybridized carbons (Fsp3) is 0.611. The van der Waals surface area contributed by atoms with Crippen LogP contribution in [0.15, 0.2) is 24.3 Å². The minimum atomic E-state index is -0.736. The van der Waals surface area contributed by atoms with E-state index in [0.29, 0.717) is 13.1 Å². The fourth-order valence-electron chi connectivity index (χ4n) is 3.03. The lowest BCUT2D eigenvalue weighted by atomic mass is 9.95. The number of nitrogens with one attached hydrogen (secondary N) is 2. The molecule has 2 amide bonds. The Hall–Kier alpha value is -1.75. The molecule has 1 saturated carbocycles. The monoisotopic (exact) mass is 320 g/mol. The molecular weight excluding hydrogens is 292 g/mol. The quantitative estimate of drug-likeness (QED) is 0.480. The molecule has 23 heavy (non-hydrogen) atoms. The van der Waals surface area contributed by atoms with Crippen molar-refractivity contribution < 1.29 is 15.0 Å². The number of aryl methyl sites for hydroxylation is 1. The van der Waals surface area contributed by atoms with Gasteiger partial charge in [-0.3, -0.25) is 0 Å². The number of aromatic hydroxyl groups is 1. The van der Waals surface area contributed by atoms with Crippen LogP contribution in [0.1, 0.15) is 50.5 Å². The summed E-state index contributed by atoms with van der Waals surface area (Å²) < 4.78 is 0. The molecule has 1 aromatic rings. The van der Waals surface area contributed by atoms with Gasteiger partial charge in [0.1, 0.15) is 5.75 Å². The third-order valence-corrected chi connectivity index (χ3v) is 4.48. The highest BCUT2D eigenvalue weighted by atomic mass is 16.3. The summed E-state index contributed by atoms with van der Waals surface area (Å²) in [5.74, 6) is 0.266. The van der Waals surface area contributed by atoms with Gasteiger partial charge in [0, 0.05) is 13.1 Å². The van der Waals surface area contributed by atoms with Gasteiger partial charge in [0.2, 0.25) is 0 Å². The van der Waals surface area contributed by atoms with E-state index in [1.54, 1.807) is 12.1 Å². The summed E-state index contributed by atoms with van der Waals surface area (Å²) in [6, 6.07) is 6.90. The number of rotatable bonds is 6. The van der Waals surface area contributed by atoms with Gasteiger partial charge in [0.15, 0.2) is 0 Å². The summed E-state index contributed by atoms with van der Waals surface area (Å²) in [6.45, 7) is 0.919. The van der Waals surface area contributed by atoms with Crippen molar-refractivity contribution in [2.45, 2.75) is 57.0 Å². The second kappa shape index (κ2) is 8.77. The van der Waals surface area contributed by atoms with E-state index in [2.05, 4.69) is 10.6 Å². The van der Waals surface area contributed by atoms with Crippen molar-refractivity contribution in [2.24, 2.45) is 0 Å². The Balaban J connectivity index is 1.60.